The maximum atomic E-state index is 11.2. The van der Waals surface area contributed by atoms with Crippen molar-refractivity contribution < 1.29 is 9.59 Å². The standard InChI is InChI=1S/C11H10ClNO2/c12-9-5-7(2-1-3-14)4-8-6-10(15)13-11(8)9/h3-5H,1-2,6H2,(H,13,15). The number of rotatable bonds is 3. The fourth-order valence-electron chi connectivity index (χ4n) is 1.73. The highest BCUT2D eigenvalue weighted by Crippen LogP contribution is 2.32. The first-order valence-electron chi connectivity index (χ1n) is 4.75. The topological polar surface area (TPSA) is 46.2 Å². The molecule has 0 atom stereocenters. The van der Waals surface area contributed by atoms with Crippen LogP contribution in [0.1, 0.15) is 17.5 Å². The summed E-state index contributed by atoms with van der Waals surface area (Å²) in [5.41, 5.74) is 2.65. The predicted molar refractivity (Wildman–Crippen MR) is 58.2 cm³/mol. The van der Waals surface area contributed by atoms with Crippen molar-refractivity contribution in [2.24, 2.45) is 0 Å². The number of amides is 1. The number of halogens is 1. The zero-order chi connectivity index (χ0) is 10.8. The van der Waals surface area contributed by atoms with E-state index in [9.17, 15) is 9.59 Å². The molecule has 1 aromatic rings. The average Bonchev–Trinajstić information content (AvgIpc) is 2.56. The van der Waals surface area contributed by atoms with Gasteiger partial charge in [-0.3, -0.25) is 4.79 Å². The Morgan fingerprint density at radius 3 is 3.00 bits per heavy atom. The number of nitrogens with one attached hydrogen (secondary N) is 1. The van der Waals surface area contributed by atoms with Gasteiger partial charge in [-0.15, -0.1) is 0 Å². The first kappa shape index (κ1) is 10.2. The van der Waals surface area contributed by atoms with E-state index < -0.39 is 0 Å². The molecule has 0 spiro atoms. The van der Waals surface area contributed by atoms with Gasteiger partial charge in [0.15, 0.2) is 0 Å². The molecule has 0 radical (unpaired) electrons. The lowest BCUT2D eigenvalue weighted by molar-refractivity contribution is -0.115. The van der Waals surface area contributed by atoms with Gasteiger partial charge in [0.1, 0.15) is 6.29 Å². The number of aldehydes is 1. The van der Waals surface area contributed by atoms with Gasteiger partial charge in [0, 0.05) is 6.42 Å². The predicted octanol–water partition coefficient (Wildman–Crippen LogP) is 1.97. The van der Waals surface area contributed by atoms with Gasteiger partial charge >= 0.3 is 0 Å². The fourth-order valence-corrected chi connectivity index (χ4v) is 2.04. The molecule has 2 rings (SSSR count). The molecule has 1 aliphatic rings. The lowest BCUT2D eigenvalue weighted by atomic mass is 10.0. The molecule has 1 aromatic carbocycles. The first-order valence-corrected chi connectivity index (χ1v) is 5.13. The van der Waals surface area contributed by atoms with E-state index in [0.717, 1.165) is 23.1 Å². The smallest absolute Gasteiger partial charge is 0.228 e. The van der Waals surface area contributed by atoms with Gasteiger partial charge in [-0.05, 0) is 23.6 Å². The fraction of sp³-hybridized carbons (Fsp3) is 0.273. The summed E-state index contributed by atoms with van der Waals surface area (Å²) < 4.78 is 0. The molecule has 0 unspecified atom stereocenters. The highest BCUT2D eigenvalue weighted by atomic mass is 35.5. The van der Waals surface area contributed by atoms with Gasteiger partial charge in [0.25, 0.3) is 0 Å². The second kappa shape index (κ2) is 4.03. The largest absolute Gasteiger partial charge is 0.324 e. The van der Waals surface area contributed by atoms with Gasteiger partial charge in [0.05, 0.1) is 17.1 Å². The lowest BCUT2D eigenvalue weighted by Gasteiger charge is -2.05. The molecule has 0 aliphatic carbocycles. The van der Waals surface area contributed by atoms with E-state index in [1.807, 2.05) is 6.07 Å². The molecule has 1 amide bonds. The second-order valence-corrected chi connectivity index (χ2v) is 3.95. The van der Waals surface area contributed by atoms with Gasteiger partial charge in [-0.25, -0.2) is 0 Å². The minimum absolute atomic E-state index is 0.0283. The third-order valence-electron chi connectivity index (χ3n) is 2.40. The monoisotopic (exact) mass is 223 g/mol. The van der Waals surface area contributed by atoms with Crippen LogP contribution in [0.25, 0.3) is 0 Å². The van der Waals surface area contributed by atoms with E-state index in [2.05, 4.69) is 5.32 Å². The van der Waals surface area contributed by atoms with Crippen LogP contribution in [0.3, 0.4) is 0 Å². The number of fused-ring (bicyclic) bond motifs is 1. The molecule has 1 N–H and O–H groups in total. The summed E-state index contributed by atoms with van der Waals surface area (Å²) >= 11 is 6.02. The highest BCUT2D eigenvalue weighted by Gasteiger charge is 2.20. The Morgan fingerprint density at radius 2 is 2.27 bits per heavy atom. The Morgan fingerprint density at radius 1 is 1.47 bits per heavy atom. The van der Waals surface area contributed by atoms with E-state index in [4.69, 9.17) is 11.6 Å². The zero-order valence-corrected chi connectivity index (χ0v) is 8.80. The Balaban J connectivity index is 2.31. The molecule has 4 heteroatoms. The molecule has 15 heavy (non-hydrogen) atoms. The SMILES string of the molecule is O=CCCc1cc(Cl)c2c(c1)CC(=O)N2. The quantitative estimate of drug-likeness (QED) is 0.797. The van der Waals surface area contributed by atoms with Crippen molar-refractivity contribution in [1.82, 2.24) is 0 Å². The summed E-state index contributed by atoms with van der Waals surface area (Å²) in [5.74, 6) is -0.0283. The Kier molecular flexibility index (Phi) is 2.73. The number of carbonyl (C=O) groups excluding carboxylic acids is 2. The number of hydrogen-bond donors (Lipinski definition) is 1. The number of carbonyl (C=O) groups is 2. The van der Waals surface area contributed by atoms with Crippen LogP contribution < -0.4 is 5.32 Å². The number of hydrogen-bond acceptors (Lipinski definition) is 2. The summed E-state index contributed by atoms with van der Waals surface area (Å²) in [7, 11) is 0. The van der Waals surface area contributed by atoms with Crippen LogP contribution in [0.4, 0.5) is 5.69 Å². The molecule has 1 heterocycles. The minimum Gasteiger partial charge on any atom is -0.324 e. The van der Waals surface area contributed by atoms with E-state index in [0.29, 0.717) is 24.3 Å². The molecule has 0 saturated carbocycles. The maximum absolute atomic E-state index is 11.2. The number of aryl methyl sites for hydroxylation is 1. The van der Waals surface area contributed by atoms with Crippen molar-refractivity contribution in [3.63, 3.8) is 0 Å². The molecular formula is C11H10ClNO2. The van der Waals surface area contributed by atoms with Crippen LogP contribution in [0.2, 0.25) is 5.02 Å². The van der Waals surface area contributed by atoms with Crippen molar-refractivity contribution >= 4 is 29.5 Å². The van der Waals surface area contributed by atoms with Gasteiger partial charge < -0.3 is 10.1 Å². The van der Waals surface area contributed by atoms with E-state index >= 15 is 0 Å². The molecule has 0 aromatic heterocycles. The minimum atomic E-state index is -0.0283. The Bertz CT molecular complexity index is 429. The summed E-state index contributed by atoms with van der Waals surface area (Å²) in [4.78, 5) is 21.4. The number of benzene rings is 1. The molecule has 0 saturated heterocycles. The van der Waals surface area contributed by atoms with Gasteiger partial charge in [0.2, 0.25) is 5.91 Å². The second-order valence-electron chi connectivity index (χ2n) is 3.54. The Hall–Kier alpha value is -1.35. The van der Waals surface area contributed by atoms with Crippen LogP contribution in [0.15, 0.2) is 12.1 Å². The summed E-state index contributed by atoms with van der Waals surface area (Å²) in [6.45, 7) is 0. The van der Waals surface area contributed by atoms with Crippen LogP contribution in [0.5, 0.6) is 0 Å². The molecule has 0 bridgehead atoms. The van der Waals surface area contributed by atoms with Crippen LogP contribution >= 0.6 is 11.6 Å². The third kappa shape index (κ3) is 2.02. The molecule has 3 nitrogen and oxygen atoms in total. The highest BCUT2D eigenvalue weighted by molar-refractivity contribution is 6.34. The molecule has 0 fully saturated rings. The maximum Gasteiger partial charge on any atom is 0.228 e. The molecular weight excluding hydrogens is 214 g/mol. The summed E-state index contributed by atoms with van der Waals surface area (Å²) in [6, 6.07) is 3.73. The van der Waals surface area contributed by atoms with Gasteiger partial charge in [-0.1, -0.05) is 17.7 Å². The van der Waals surface area contributed by atoms with Crippen LogP contribution in [-0.4, -0.2) is 12.2 Å². The third-order valence-corrected chi connectivity index (χ3v) is 2.70. The normalized spacial score (nSPS) is 13.5. The van der Waals surface area contributed by atoms with Crippen molar-refractivity contribution in [1.29, 1.82) is 0 Å². The summed E-state index contributed by atoms with van der Waals surface area (Å²) in [6.07, 6.45) is 2.41. The zero-order valence-electron chi connectivity index (χ0n) is 8.05. The Labute approximate surface area is 92.4 Å². The molecule has 1 aliphatic heterocycles. The number of anilines is 1. The van der Waals surface area contributed by atoms with Crippen LogP contribution in [0, 0.1) is 0 Å². The van der Waals surface area contributed by atoms with Crippen molar-refractivity contribution in [2.75, 3.05) is 5.32 Å². The lowest BCUT2D eigenvalue weighted by Crippen LogP contribution is -2.03. The van der Waals surface area contributed by atoms with Crippen LogP contribution in [-0.2, 0) is 22.4 Å². The van der Waals surface area contributed by atoms with E-state index in [1.54, 1.807) is 6.07 Å². The summed E-state index contributed by atoms with van der Waals surface area (Å²) in [5, 5.41) is 3.26. The van der Waals surface area contributed by atoms with Crippen molar-refractivity contribution in [3.8, 4) is 0 Å². The average molecular weight is 224 g/mol. The van der Waals surface area contributed by atoms with Crippen molar-refractivity contribution in [2.45, 2.75) is 19.3 Å². The van der Waals surface area contributed by atoms with Crippen molar-refractivity contribution in [3.05, 3.63) is 28.3 Å². The molecule has 78 valence electrons. The van der Waals surface area contributed by atoms with E-state index in [-0.39, 0.29) is 5.91 Å². The van der Waals surface area contributed by atoms with E-state index in [1.165, 1.54) is 0 Å². The van der Waals surface area contributed by atoms with Gasteiger partial charge in [-0.2, -0.15) is 0 Å². The first-order chi connectivity index (χ1) is 7.20.